The van der Waals surface area contributed by atoms with Crippen molar-refractivity contribution in [2.75, 3.05) is 0 Å². The quantitative estimate of drug-likeness (QED) is 0.0964. The molecular formula is C27H17AlF12N2O3. The van der Waals surface area contributed by atoms with Gasteiger partial charge in [-0.05, 0) is 67.5 Å². The largest absolute Gasteiger partial charge is 0.853 e. The van der Waals surface area contributed by atoms with E-state index in [1.54, 1.807) is 0 Å². The molecule has 0 fully saturated rings. The molecule has 0 aliphatic carbocycles. The number of nitrogens with zero attached hydrogens (tertiary/aromatic N) is 2. The van der Waals surface area contributed by atoms with Crippen molar-refractivity contribution in [1.82, 2.24) is 0 Å². The molecule has 0 heterocycles. The predicted molar refractivity (Wildman–Crippen MR) is 133 cm³/mol. The highest BCUT2D eigenvalue weighted by atomic mass is 27.2. The summed E-state index contributed by atoms with van der Waals surface area (Å²) in [6.45, 7) is 3.21. The molecular weight excluding hydrogens is 655 g/mol. The van der Waals surface area contributed by atoms with E-state index in [1.807, 2.05) is 0 Å². The molecule has 45 heavy (non-hydrogen) atoms. The maximum Gasteiger partial charge on any atom is 0.853 e. The second-order valence-electron chi connectivity index (χ2n) is 9.18. The molecule has 0 aliphatic rings. The summed E-state index contributed by atoms with van der Waals surface area (Å²) >= 11 is -3.17. The fourth-order valence-electron chi connectivity index (χ4n) is 4.02. The van der Waals surface area contributed by atoms with Crippen LogP contribution in [0.3, 0.4) is 0 Å². The summed E-state index contributed by atoms with van der Waals surface area (Å²) in [5.74, 6) is 0.417. The van der Waals surface area contributed by atoms with E-state index in [4.69, 9.17) is 18.1 Å². The number of aldehydes is 1. The third kappa shape index (κ3) is 8.53. The van der Waals surface area contributed by atoms with Gasteiger partial charge in [0.1, 0.15) is 12.1 Å². The van der Waals surface area contributed by atoms with Gasteiger partial charge < -0.3 is 7.58 Å². The molecule has 0 radical (unpaired) electrons. The van der Waals surface area contributed by atoms with Crippen molar-refractivity contribution in [1.29, 1.82) is 10.5 Å². The van der Waals surface area contributed by atoms with Gasteiger partial charge in [-0.1, -0.05) is 0 Å². The molecule has 240 valence electrons. The van der Waals surface area contributed by atoms with Gasteiger partial charge in [0.2, 0.25) is 0 Å². The zero-order valence-electron chi connectivity index (χ0n) is 23.1. The van der Waals surface area contributed by atoms with E-state index in [0.717, 1.165) is 32.9 Å². The molecule has 2 rings (SSSR count). The van der Waals surface area contributed by atoms with Crippen molar-refractivity contribution in [2.45, 2.75) is 51.3 Å². The highest BCUT2D eigenvalue weighted by Gasteiger charge is 2.43. The number of halogens is 12. The molecule has 18 heteroatoms. The van der Waals surface area contributed by atoms with Gasteiger partial charge in [0.15, 0.2) is 6.29 Å². The first kappa shape index (κ1) is 37.1. The van der Waals surface area contributed by atoms with Crippen molar-refractivity contribution in [3.63, 3.8) is 0 Å². The summed E-state index contributed by atoms with van der Waals surface area (Å²) in [5, 5.41) is 18.0. The number of alkyl halides is 12. The Kier molecular flexibility index (Phi) is 10.8. The topological polar surface area (TPSA) is 83.1 Å². The van der Waals surface area contributed by atoms with Gasteiger partial charge in [0.05, 0.1) is 50.5 Å². The van der Waals surface area contributed by atoms with E-state index in [2.05, 4.69) is 0 Å². The summed E-state index contributed by atoms with van der Waals surface area (Å²) in [6, 6.07) is 2.68. The summed E-state index contributed by atoms with van der Waals surface area (Å²) in [7, 11) is 0. The first-order chi connectivity index (χ1) is 20.4. The van der Waals surface area contributed by atoms with Gasteiger partial charge in [-0.2, -0.15) is 63.2 Å². The lowest BCUT2D eigenvalue weighted by atomic mass is 9.94. The summed E-state index contributed by atoms with van der Waals surface area (Å²) in [6.07, 6.45) is -21.7. The Labute approximate surface area is 251 Å². The molecule has 0 N–H and O–H groups in total. The van der Waals surface area contributed by atoms with Crippen molar-refractivity contribution in [2.24, 2.45) is 0 Å². The summed E-state index contributed by atoms with van der Waals surface area (Å²) in [4.78, 5) is 11.8. The van der Waals surface area contributed by atoms with Crippen LogP contribution in [0.5, 0.6) is 0 Å². The molecule has 0 saturated heterocycles. The van der Waals surface area contributed by atoms with Crippen LogP contribution in [0.1, 0.15) is 65.3 Å². The van der Waals surface area contributed by atoms with Gasteiger partial charge in [0, 0.05) is 0 Å². The lowest BCUT2D eigenvalue weighted by Crippen LogP contribution is -2.19. The fourth-order valence-corrected chi connectivity index (χ4v) is 5.37. The molecule has 0 atom stereocenters. The van der Waals surface area contributed by atoms with Crippen LogP contribution in [0.4, 0.5) is 52.7 Å². The summed E-state index contributed by atoms with van der Waals surface area (Å²) < 4.78 is 173. The smallest absolute Gasteiger partial charge is 0.615 e. The van der Waals surface area contributed by atoms with Crippen LogP contribution in [0, 0.1) is 22.7 Å². The minimum Gasteiger partial charge on any atom is -0.615 e. The number of hydrogen-bond donors (Lipinski definition) is 0. The normalized spacial score (nSPS) is 13.6. The average molecular weight is 672 g/mol. The molecule has 0 unspecified atom stereocenters. The third-order valence-electron chi connectivity index (χ3n) is 6.18. The molecule has 0 bridgehead atoms. The molecule has 0 saturated carbocycles. The number of carbonyl (C=O) groups is 1. The van der Waals surface area contributed by atoms with Crippen LogP contribution in [0.2, 0.25) is 5.79 Å². The number of allylic oxidation sites excluding steroid dienone is 4. The second kappa shape index (κ2) is 13.1. The summed E-state index contributed by atoms with van der Waals surface area (Å²) in [5.41, 5.74) is -13.7. The first-order valence-electron chi connectivity index (χ1n) is 12.0. The lowest BCUT2D eigenvalue weighted by molar-refractivity contribution is -0.145. The zero-order chi connectivity index (χ0) is 34.9. The average Bonchev–Trinajstić information content (AvgIpc) is 2.89. The van der Waals surface area contributed by atoms with Crippen LogP contribution in [-0.2, 0) is 37.1 Å². The van der Waals surface area contributed by atoms with Crippen molar-refractivity contribution < 1.29 is 65.1 Å². The van der Waals surface area contributed by atoms with E-state index < -0.39 is 95.4 Å². The van der Waals surface area contributed by atoms with Gasteiger partial charge in [-0.25, -0.2) is 0 Å². The van der Waals surface area contributed by atoms with E-state index in [-0.39, 0.29) is 29.8 Å². The monoisotopic (exact) mass is 672 g/mol. The maximum absolute atomic E-state index is 13.5. The Morgan fingerprint density at radius 2 is 0.956 bits per heavy atom. The van der Waals surface area contributed by atoms with Crippen LogP contribution < -0.4 is 0 Å². The molecule has 2 aromatic rings. The third-order valence-corrected chi connectivity index (χ3v) is 7.55. The number of hydrogen-bond acceptors (Lipinski definition) is 5. The van der Waals surface area contributed by atoms with Gasteiger partial charge in [-0.15, -0.1) is 0 Å². The van der Waals surface area contributed by atoms with Crippen LogP contribution in [0.25, 0.3) is 11.1 Å². The number of benzene rings is 2. The maximum atomic E-state index is 13.5. The second-order valence-corrected chi connectivity index (χ2v) is 10.8. The first-order valence-corrected chi connectivity index (χ1v) is 14.1. The van der Waals surface area contributed by atoms with Crippen molar-refractivity contribution in [3.8, 4) is 12.1 Å². The van der Waals surface area contributed by atoms with Crippen LogP contribution >= 0.6 is 0 Å². The van der Waals surface area contributed by atoms with Crippen molar-refractivity contribution >= 4 is 32.2 Å². The molecule has 0 aliphatic heterocycles. The molecule has 0 aromatic heterocycles. The van der Waals surface area contributed by atoms with Crippen molar-refractivity contribution in [3.05, 3.63) is 80.3 Å². The Morgan fingerprint density at radius 1 is 0.644 bits per heavy atom. The van der Waals surface area contributed by atoms with E-state index in [1.165, 1.54) is 5.79 Å². The fraction of sp³-hybridized carbons (Fsp3) is 0.296. The van der Waals surface area contributed by atoms with E-state index >= 15 is 0 Å². The molecule has 2 aromatic carbocycles. The number of rotatable bonds is 7. The standard InChI is InChI=1S/C13H7F6NO2.C13H9F6NO.CH3.Al/c1-6(22)9(5-21)7-2-10(12(14,15)16)8(4-20)11(3-7)13(17,18)19;1-6(7(2)21)8-3-10(12(14,15)16)9(5-20)11(4-8)13(17,18)19;;/h2-3,5,22H,1H3;3-4,21H,1-2H3;1H3;/q;;;+2/p-2/b9-6+;7-6+;;. The van der Waals surface area contributed by atoms with Crippen LogP contribution in [-0.4, -0.2) is 21.1 Å². The Bertz CT molecular complexity index is 1570. The lowest BCUT2D eigenvalue weighted by Gasteiger charge is -2.21. The highest BCUT2D eigenvalue weighted by molar-refractivity contribution is 6.43. The van der Waals surface area contributed by atoms with Gasteiger partial charge in [0.25, 0.3) is 0 Å². The Balaban J connectivity index is 2.60. The van der Waals surface area contributed by atoms with Crippen LogP contribution in [0.15, 0.2) is 35.8 Å². The Morgan fingerprint density at radius 3 is 1.24 bits per heavy atom. The van der Waals surface area contributed by atoms with Gasteiger partial charge >= 0.3 is 39.5 Å². The van der Waals surface area contributed by atoms with Gasteiger partial charge in [-0.3, -0.25) is 4.79 Å². The predicted octanol–water partition coefficient (Wildman–Crippen LogP) is 9.04. The SMILES string of the molecule is C/C([O][Al]([CH3])[O]/C(C)=C(\C)c1cc(C(F)(F)F)c(C#N)c(C(F)(F)F)c1)=C(/C=O)c1cc(C(F)(F)F)c(C#N)c(C(F)(F)F)c1. The molecule has 5 nitrogen and oxygen atoms in total. The number of carbonyl (C=O) groups excluding carboxylic acids is 1. The molecule has 0 spiro atoms. The minimum absolute atomic E-state index is 0.111. The van der Waals surface area contributed by atoms with E-state index in [9.17, 15) is 57.5 Å². The Hall–Kier alpha value is -4.14. The zero-order valence-corrected chi connectivity index (χ0v) is 24.3. The van der Waals surface area contributed by atoms with E-state index in [0.29, 0.717) is 12.1 Å². The highest BCUT2D eigenvalue weighted by Crippen LogP contribution is 2.43. The molecule has 0 amide bonds. The number of nitriles is 2. The minimum atomic E-state index is -5.43.